The Bertz CT molecular complexity index is 582. The molecule has 0 atom stereocenters. The summed E-state index contributed by atoms with van der Waals surface area (Å²) < 4.78 is 0. The third kappa shape index (κ3) is 4.64. The maximum Gasteiger partial charge on any atom is 0.225 e. The summed E-state index contributed by atoms with van der Waals surface area (Å²) in [5.74, 6) is 5.84. The molecular formula is C16H14N2O. The number of pyridine rings is 1. The van der Waals surface area contributed by atoms with Gasteiger partial charge in [0, 0.05) is 24.7 Å². The number of amides is 1. The SMILES string of the molecule is O=C(CCC#Cc1ccccn1)Nc1ccccc1. The third-order valence-corrected chi connectivity index (χ3v) is 2.42. The fraction of sp³-hybridized carbons (Fsp3) is 0.125. The molecule has 0 fully saturated rings. The van der Waals surface area contributed by atoms with E-state index in [1.54, 1.807) is 6.20 Å². The minimum Gasteiger partial charge on any atom is -0.326 e. The van der Waals surface area contributed by atoms with Crippen LogP contribution in [-0.2, 0) is 4.79 Å². The highest BCUT2D eigenvalue weighted by atomic mass is 16.1. The second kappa shape index (κ2) is 6.97. The number of hydrogen-bond donors (Lipinski definition) is 1. The Morgan fingerprint density at radius 1 is 1.11 bits per heavy atom. The van der Waals surface area contributed by atoms with Crippen LogP contribution in [0.25, 0.3) is 0 Å². The van der Waals surface area contributed by atoms with Crippen molar-refractivity contribution in [1.29, 1.82) is 0 Å². The normalized spacial score (nSPS) is 9.26. The molecule has 1 heterocycles. The first-order chi connectivity index (χ1) is 9.34. The summed E-state index contributed by atoms with van der Waals surface area (Å²) in [7, 11) is 0. The van der Waals surface area contributed by atoms with Crippen LogP contribution in [0.1, 0.15) is 18.5 Å². The van der Waals surface area contributed by atoms with Gasteiger partial charge in [-0.1, -0.05) is 30.2 Å². The van der Waals surface area contributed by atoms with Crippen LogP contribution in [-0.4, -0.2) is 10.9 Å². The summed E-state index contributed by atoms with van der Waals surface area (Å²) in [4.78, 5) is 15.7. The van der Waals surface area contributed by atoms with Crippen molar-refractivity contribution in [2.24, 2.45) is 0 Å². The summed E-state index contributed by atoms with van der Waals surface area (Å²) in [6.07, 6.45) is 2.61. The van der Waals surface area contributed by atoms with Crippen molar-refractivity contribution < 1.29 is 4.79 Å². The predicted octanol–water partition coefficient (Wildman–Crippen LogP) is 2.85. The number of benzene rings is 1. The van der Waals surface area contributed by atoms with Crippen molar-refractivity contribution in [2.45, 2.75) is 12.8 Å². The molecule has 1 N–H and O–H groups in total. The van der Waals surface area contributed by atoms with Crippen LogP contribution in [0.4, 0.5) is 5.69 Å². The second-order valence-corrected chi connectivity index (χ2v) is 3.93. The van der Waals surface area contributed by atoms with Crippen LogP contribution in [0.2, 0.25) is 0 Å². The summed E-state index contributed by atoms with van der Waals surface area (Å²) in [5, 5.41) is 2.82. The molecule has 1 amide bonds. The molecule has 0 saturated heterocycles. The molecule has 19 heavy (non-hydrogen) atoms. The van der Waals surface area contributed by atoms with Crippen LogP contribution in [0.15, 0.2) is 54.7 Å². The lowest BCUT2D eigenvalue weighted by atomic mass is 10.2. The van der Waals surface area contributed by atoms with Gasteiger partial charge in [0.1, 0.15) is 5.69 Å². The molecule has 0 unspecified atom stereocenters. The minimum atomic E-state index is -0.0264. The van der Waals surface area contributed by atoms with Crippen LogP contribution < -0.4 is 5.32 Å². The fourth-order valence-corrected chi connectivity index (χ4v) is 1.51. The Morgan fingerprint density at radius 2 is 1.89 bits per heavy atom. The van der Waals surface area contributed by atoms with Crippen molar-refractivity contribution in [3.63, 3.8) is 0 Å². The molecular weight excluding hydrogens is 236 g/mol. The molecule has 3 nitrogen and oxygen atoms in total. The first-order valence-electron chi connectivity index (χ1n) is 6.09. The first-order valence-corrected chi connectivity index (χ1v) is 6.09. The van der Waals surface area contributed by atoms with Crippen molar-refractivity contribution in [2.75, 3.05) is 5.32 Å². The lowest BCUT2D eigenvalue weighted by Crippen LogP contribution is -2.10. The highest BCUT2D eigenvalue weighted by molar-refractivity contribution is 5.90. The van der Waals surface area contributed by atoms with Gasteiger partial charge in [0.25, 0.3) is 0 Å². The molecule has 2 aromatic rings. The lowest BCUT2D eigenvalue weighted by Gasteiger charge is -2.02. The molecule has 1 aromatic heterocycles. The molecule has 94 valence electrons. The van der Waals surface area contributed by atoms with Gasteiger partial charge >= 0.3 is 0 Å². The van der Waals surface area contributed by atoms with E-state index in [4.69, 9.17) is 0 Å². The summed E-state index contributed by atoms with van der Waals surface area (Å²) in [6.45, 7) is 0. The fourth-order valence-electron chi connectivity index (χ4n) is 1.51. The van der Waals surface area contributed by atoms with Gasteiger partial charge in [0.2, 0.25) is 5.91 Å². The molecule has 0 aliphatic rings. The van der Waals surface area contributed by atoms with Crippen molar-refractivity contribution in [1.82, 2.24) is 4.98 Å². The minimum absolute atomic E-state index is 0.0264. The zero-order chi connectivity index (χ0) is 13.3. The van der Waals surface area contributed by atoms with Gasteiger partial charge in [-0.2, -0.15) is 0 Å². The molecule has 1 aromatic carbocycles. The predicted molar refractivity (Wildman–Crippen MR) is 75.4 cm³/mol. The Balaban J connectivity index is 1.77. The summed E-state index contributed by atoms with van der Waals surface area (Å²) in [5.41, 5.74) is 1.54. The van der Waals surface area contributed by atoms with Gasteiger partial charge in [-0.05, 0) is 30.2 Å². The van der Waals surface area contributed by atoms with E-state index >= 15 is 0 Å². The van der Waals surface area contributed by atoms with E-state index in [0.717, 1.165) is 11.4 Å². The quantitative estimate of drug-likeness (QED) is 0.851. The average molecular weight is 250 g/mol. The number of aromatic nitrogens is 1. The highest BCUT2D eigenvalue weighted by Gasteiger charge is 1.99. The number of para-hydroxylation sites is 1. The van der Waals surface area contributed by atoms with Gasteiger partial charge in [0.05, 0.1) is 0 Å². The average Bonchev–Trinajstić information content (AvgIpc) is 2.46. The molecule has 0 spiro atoms. The lowest BCUT2D eigenvalue weighted by molar-refractivity contribution is -0.116. The van der Waals surface area contributed by atoms with E-state index in [2.05, 4.69) is 22.1 Å². The van der Waals surface area contributed by atoms with Gasteiger partial charge in [-0.3, -0.25) is 4.79 Å². The Morgan fingerprint density at radius 3 is 2.63 bits per heavy atom. The number of hydrogen-bond acceptors (Lipinski definition) is 2. The van der Waals surface area contributed by atoms with Gasteiger partial charge in [-0.25, -0.2) is 4.98 Å². The standard InChI is InChI=1S/C16H14N2O/c19-16(18-15-10-2-1-3-11-15)12-5-4-8-14-9-6-7-13-17-14/h1-3,6-7,9-11,13H,5,12H2,(H,18,19). The largest absolute Gasteiger partial charge is 0.326 e. The zero-order valence-electron chi connectivity index (χ0n) is 10.5. The number of anilines is 1. The van der Waals surface area contributed by atoms with E-state index in [1.807, 2.05) is 48.5 Å². The maximum atomic E-state index is 11.6. The summed E-state index contributed by atoms with van der Waals surface area (Å²) >= 11 is 0. The number of carbonyl (C=O) groups is 1. The molecule has 0 radical (unpaired) electrons. The van der Waals surface area contributed by atoms with Crippen molar-refractivity contribution in [3.8, 4) is 11.8 Å². The third-order valence-electron chi connectivity index (χ3n) is 2.42. The van der Waals surface area contributed by atoms with E-state index in [-0.39, 0.29) is 5.91 Å². The van der Waals surface area contributed by atoms with Crippen LogP contribution in [0.3, 0.4) is 0 Å². The molecule has 0 aliphatic heterocycles. The molecule has 0 bridgehead atoms. The van der Waals surface area contributed by atoms with E-state index in [0.29, 0.717) is 12.8 Å². The molecule has 2 rings (SSSR count). The first kappa shape index (κ1) is 12.8. The monoisotopic (exact) mass is 250 g/mol. The van der Waals surface area contributed by atoms with Crippen molar-refractivity contribution in [3.05, 3.63) is 60.4 Å². The summed E-state index contributed by atoms with van der Waals surface area (Å²) in [6, 6.07) is 15.0. The smallest absolute Gasteiger partial charge is 0.225 e. The van der Waals surface area contributed by atoms with Gasteiger partial charge < -0.3 is 5.32 Å². The van der Waals surface area contributed by atoms with Crippen LogP contribution in [0, 0.1) is 11.8 Å². The number of nitrogens with one attached hydrogen (secondary N) is 1. The Hall–Kier alpha value is -2.60. The van der Waals surface area contributed by atoms with Crippen LogP contribution >= 0.6 is 0 Å². The van der Waals surface area contributed by atoms with Gasteiger partial charge in [-0.15, -0.1) is 0 Å². The van der Waals surface area contributed by atoms with Gasteiger partial charge in [0.15, 0.2) is 0 Å². The van der Waals surface area contributed by atoms with Crippen molar-refractivity contribution >= 4 is 11.6 Å². The number of nitrogens with zero attached hydrogens (tertiary/aromatic N) is 1. The van der Waals surface area contributed by atoms with E-state index < -0.39 is 0 Å². The van der Waals surface area contributed by atoms with E-state index in [9.17, 15) is 4.79 Å². The second-order valence-electron chi connectivity index (χ2n) is 3.93. The maximum absolute atomic E-state index is 11.6. The van der Waals surface area contributed by atoms with E-state index in [1.165, 1.54) is 0 Å². The number of rotatable bonds is 3. The zero-order valence-corrected chi connectivity index (χ0v) is 10.5. The molecule has 3 heteroatoms. The van der Waals surface area contributed by atoms with Crippen LogP contribution in [0.5, 0.6) is 0 Å². The topological polar surface area (TPSA) is 42.0 Å². The Labute approximate surface area is 112 Å². The Kier molecular flexibility index (Phi) is 4.71. The number of carbonyl (C=O) groups excluding carboxylic acids is 1. The molecule has 0 saturated carbocycles. The highest BCUT2D eigenvalue weighted by Crippen LogP contribution is 2.05. The molecule has 0 aliphatic carbocycles.